The minimum absolute atomic E-state index is 0.00918. The monoisotopic (exact) mass is 374 g/mol. The Hall–Kier alpha value is -2.41. The van der Waals surface area contributed by atoms with Gasteiger partial charge in [-0.25, -0.2) is 4.98 Å². The number of aromatic nitrogens is 1. The first-order chi connectivity index (χ1) is 11.1. The van der Waals surface area contributed by atoms with Crippen LogP contribution in [-0.2, 0) is 4.79 Å². The van der Waals surface area contributed by atoms with Gasteiger partial charge in [-0.1, -0.05) is 22.0 Å². The van der Waals surface area contributed by atoms with E-state index in [9.17, 15) is 9.59 Å². The maximum absolute atomic E-state index is 12.2. The van der Waals surface area contributed by atoms with Crippen molar-refractivity contribution in [1.29, 1.82) is 0 Å². The number of pyridine rings is 1. The van der Waals surface area contributed by atoms with Crippen LogP contribution >= 0.6 is 15.9 Å². The molecule has 1 fully saturated rings. The van der Waals surface area contributed by atoms with E-state index in [1.165, 1.54) is 0 Å². The Morgan fingerprint density at radius 2 is 2.17 bits per heavy atom. The maximum Gasteiger partial charge on any atom is 0.255 e. The van der Waals surface area contributed by atoms with Crippen molar-refractivity contribution >= 4 is 39.2 Å². The number of hydrogen-bond acceptors (Lipinski definition) is 4. The zero-order chi connectivity index (χ0) is 16.2. The summed E-state index contributed by atoms with van der Waals surface area (Å²) in [6.45, 7) is 1.64. The van der Waals surface area contributed by atoms with Crippen molar-refractivity contribution in [2.75, 3.05) is 29.9 Å². The molecule has 1 aliphatic heterocycles. The quantitative estimate of drug-likeness (QED) is 0.861. The molecular weight excluding hydrogens is 360 g/mol. The highest BCUT2D eigenvalue weighted by Crippen LogP contribution is 2.17. The lowest BCUT2D eigenvalue weighted by molar-refractivity contribution is -0.120. The minimum Gasteiger partial charge on any atom is -0.353 e. The molecule has 1 saturated heterocycles. The molecule has 23 heavy (non-hydrogen) atoms. The number of nitrogens with one attached hydrogen (secondary N) is 2. The van der Waals surface area contributed by atoms with Gasteiger partial charge < -0.3 is 15.5 Å². The first-order valence-electron chi connectivity index (χ1n) is 7.16. The molecule has 2 heterocycles. The molecule has 1 aromatic heterocycles. The molecule has 0 saturated carbocycles. The van der Waals surface area contributed by atoms with Gasteiger partial charge in [0.2, 0.25) is 5.91 Å². The maximum atomic E-state index is 12.2. The van der Waals surface area contributed by atoms with E-state index in [4.69, 9.17) is 0 Å². The largest absolute Gasteiger partial charge is 0.353 e. The summed E-state index contributed by atoms with van der Waals surface area (Å²) in [7, 11) is 0. The van der Waals surface area contributed by atoms with Crippen LogP contribution in [0, 0.1) is 0 Å². The molecule has 0 spiro atoms. The smallest absolute Gasteiger partial charge is 0.255 e. The molecule has 2 N–H and O–H groups in total. The molecule has 1 aromatic carbocycles. The Bertz CT molecular complexity index is 733. The molecule has 1 aliphatic rings. The SMILES string of the molecule is O=C1CN(c2ccc(NC(=O)c3cccc(Br)c3)cn2)CCN1. The first-order valence-corrected chi connectivity index (χ1v) is 7.96. The van der Waals surface area contributed by atoms with Crippen LogP contribution < -0.4 is 15.5 Å². The molecular formula is C16H15BrN4O2. The second-order valence-corrected chi connectivity index (χ2v) is 6.06. The zero-order valence-corrected chi connectivity index (χ0v) is 13.8. The van der Waals surface area contributed by atoms with Crippen molar-refractivity contribution in [3.63, 3.8) is 0 Å². The average molecular weight is 375 g/mol. The summed E-state index contributed by atoms with van der Waals surface area (Å²) in [5.74, 6) is 0.517. The molecule has 0 unspecified atom stereocenters. The third kappa shape index (κ3) is 3.87. The van der Waals surface area contributed by atoms with Gasteiger partial charge in [0.1, 0.15) is 5.82 Å². The second-order valence-electron chi connectivity index (χ2n) is 5.14. The number of amides is 2. The predicted octanol–water partition coefficient (Wildman–Crippen LogP) is 2.03. The number of halogens is 1. The van der Waals surface area contributed by atoms with Crippen LogP contribution in [0.15, 0.2) is 47.1 Å². The molecule has 0 bridgehead atoms. The number of nitrogens with zero attached hydrogens (tertiary/aromatic N) is 2. The van der Waals surface area contributed by atoms with Gasteiger partial charge in [0.05, 0.1) is 18.4 Å². The van der Waals surface area contributed by atoms with Crippen molar-refractivity contribution in [3.05, 3.63) is 52.6 Å². The van der Waals surface area contributed by atoms with E-state index in [2.05, 4.69) is 31.5 Å². The van der Waals surface area contributed by atoms with Gasteiger partial charge in [-0.2, -0.15) is 0 Å². The van der Waals surface area contributed by atoms with Crippen LogP contribution in [0.2, 0.25) is 0 Å². The fourth-order valence-corrected chi connectivity index (χ4v) is 2.71. The molecule has 3 rings (SSSR count). The topological polar surface area (TPSA) is 74.3 Å². The fourth-order valence-electron chi connectivity index (χ4n) is 2.31. The molecule has 0 radical (unpaired) electrons. The van der Waals surface area contributed by atoms with E-state index >= 15 is 0 Å². The van der Waals surface area contributed by atoms with Crippen molar-refractivity contribution < 1.29 is 9.59 Å². The highest BCUT2D eigenvalue weighted by molar-refractivity contribution is 9.10. The summed E-state index contributed by atoms with van der Waals surface area (Å²) in [5, 5.41) is 5.58. The number of anilines is 2. The van der Waals surface area contributed by atoms with Gasteiger partial charge in [0.15, 0.2) is 0 Å². The summed E-state index contributed by atoms with van der Waals surface area (Å²) >= 11 is 3.34. The molecule has 0 aliphatic carbocycles. The van der Waals surface area contributed by atoms with Gasteiger partial charge in [-0.3, -0.25) is 9.59 Å². The minimum atomic E-state index is -0.196. The highest BCUT2D eigenvalue weighted by Gasteiger charge is 2.17. The van der Waals surface area contributed by atoms with Crippen LogP contribution in [0.5, 0.6) is 0 Å². The van der Waals surface area contributed by atoms with Crippen molar-refractivity contribution in [2.24, 2.45) is 0 Å². The van der Waals surface area contributed by atoms with Crippen LogP contribution in [-0.4, -0.2) is 36.4 Å². The Morgan fingerprint density at radius 1 is 1.30 bits per heavy atom. The predicted molar refractivity (Wildman–Crippen MR) is 91.6 cm³/mol. The van der Waals surface area contributed by atoms with Gasteiger partial charge in [-0.05, 0) is 30.3 Å². The van der Waals surface area contributed by atoms with Gasteiger partial charge >= 0.3 is 0 Å². The molecule has 0 atom stereocenters. The number of rotatable bonds is 3. The first kappa shape index (κ1) is 15.5. The van der Waals surface area contributed by atoms with Crippen molar-refractivity contribution in [1.82, 2.24) is 10.3 Å². The molecule has 7 heteroatoms. The molecule has 2 aromatic rings. The van der Waals surface area contributed by atoms with Crippen LogP contribution in [0.25, 0.3) is 0 Å². The number of hydrogen-bond donors (Lipinski definition) is 2. The highest BCUT2D eigenvalue weighted by atomic mass is 79.9. The van der Waals surface area contributed by atoms with E-state index in [-0.39, 0.29) is 11.8 Å². The summed E-state index contributed by atoms with van der Waals surface area (Å²) < 4.78 is 0.849. The van der Waals surface area contributed by atoms with E-state index in [1.54, 1.807) is 30.5 Å². The van der Waals surface area contributed by atoms with E-state index in [0.29, 0.717) is 24.3 Å². The zero-order valence-electron chi connectivity index (χ0n) is 12.3. The third-order valence-electron chi connectivity index (χ3n) is 3.45. The van der Waals surface area contributed by atoms with Gasteiger partial charge in [0, 0.05) is 23.1 Å². The summed E-state index contributed by atoms with van der Waals surface area (Å²) in [6, 6.07) is 10.8. The lowest BCUT2D eigenvalue weighted by Gasteiger charge is -2.27. The number of carbonyl (C=O) groups excluding carboxylic acids is 2. The summed E-state index contributed by atoms with van der Waals surface area (Å²) in [6.07, 6.45) is 1.59. The third-order valence-corrected chi connectivity index (χ3v) is 3.95. The van der Waals surface area contributed by atoms with Gasteiger partial charge in [0.25, 0.3) is 5.91 Å². The molecule has 6 nitrogen and oxygen atoms in total. The van der Waals surface area contributed by atoms with Crippen molar-refractivity contribution in [3.8, 4) is 0 Å². The number of carbonyl (C=O) groups is 2. The summed E-state index contributed by atoms with van der Waals surface area (Å²) in [4.78, 5) is 29.8. The lowest BCUT2D eigenvalue weighted by Crippen LogP contribution is -2.48. The summed E-state index contributed by atoms with van der Waals surface area (Å²) in [5.41, 5.74) is 1.18. The van der Waals surface area contributed by atoms with E-state index < -0.39 is 0 Å². The normalized spacial score (nSPS) is 14.3. The van der Waals surface area contributed by atoms with Crippen molar-refractivity contribution in [2.45, 2.75) is 0 Å². The van der Waals surface area contributed by atoms with Gasteiger partial charge in [-0.15, -0.1) is 0 Å². The van der Waals surface area contributed by atoms with Crippen LogP contribution in [0.3, 0.4) is 0 Å². The molecule has 118 valence electrons. The Morgan fingerprint density at radius 3 is 2.87 bits per heavy atom. The fraction of sp³-hybridized carbons (Fsp3) is 0.188. The van der Waals surface area contributed by atoms with Crippen LogP contribution in [0.4, 0.5) is 11.5 Å². The number of piperazine rings is 1. The Kier molecular flexibility index (Phi) is 4.57. The van der Waals surface area contributed by atoms with E-state index in [0.717, 1.165) is 16.8 Å². The Labute approximate surface area is 142 Å². The Balaban J connectivity index is 1.67. The average Bonchev–Trinajstić information content (AvgIpc) is 2.55. The van der Waals surface area contributed by atoms with E-state index in [1.807, 2.05) is 17.0 Å². The number of benzene rings is 1. The molecule has 2 amide bonds. The standard InChI is InChI=1S/C16H15BrN4O2/c17-12-3-1-2-11(8-12)16(23)20-13-4-5-14(19-9-13)21-7-6-18-15(22)10-21/h1-5,8-9H,6-7,10H2,(H,18,22)(H,20,23). The van der Waals surface area contributed by atoms with Crippen LogP contribution in [0.1, 0.15) is 10.4 Å². The lowest BCUT2D eigenvalue weighted by atomic mass is 10.2. The second kappa shape index (κ2) is 6.78.